The van der Waals surface area contributed by atoms with E-state index < -0.39 is 15.9 Å². The van der Waals surface area contributed by atoms with Gasteiger partial charge in [-0.05, 0) is 17.7 Å². The van der Waals surface area contributed by atoms with Gasteiger partial charge in [0.15, 0.2) is 5.96 Å². The van der Waals surface area contributed by atoms with Crippen molar-refractivity contribution in [3.63, 3.8) is 0 Å². The molecule has 3 rings (SSSR count). The van der Waals surface area contributed by atoms with E-state index in [9.17, 15) is 13.2 Å². The summed E-state index contributed by atoms with van der Waals surface area (Å²) in [5.41, 5.74) is 7.06. The molecule has 10 nitrogen and oxygen atoms in total. The summed E-state index contributed by atoms with van der Waals surface area (Å²) in [6.07, 6.45) is 1.36. The summed E-state index contributed by atoms with van der Waals surface area (Å²) < 4.78 is 31.2. The van der Waals surface area contributed by atoms with Crippen molar-refractivity contribution >= 4 is 45.9 Å². The molecule has 0 bridgehead atoms. The maximum atomic E-state index is 12.5. The first kappa shape index (κ1) is 24.1. The molecular weight excluding hydrogens is 523 g/mol. The second-order valence-corrected chi connectivity index (χ2v) is 8.57. The lowest BCUT2D eigenvalue weighted by atomic mass is 10.1. The Morgan fingerprint density at radius 1 is 1.27 bits per heavy atom. The summed E-state index contributed by atoms with van der Waals surface area (Å²) in [4.78, 5) is 17.6. The minimum absolute atomic E-state index is 0. The first-order valence-electron chi connectivity index (χ1n) is 9.10. The fourth-order valence-corrected chi connectivity index (χ4v) is 4.54. The normalized spacial score (nSPS) is 15.5. The van der Waals surface area contributed by atoms with Crippen LogP contribution in [0.1, 0.15) is 21.6 Å². The molecule has 1 aromatic carbocycles. The van der Waals surface area contributed by atoms with Crippen molar-refractivity contribution < 1.29 is 17.7 Å². The molecule has 2 heterocycles. The SMILES string of the molecule is CN=C(NCc1cccc(C(N)=O)c1)N1CCN(S(=O)(=O)Cc2ccon2)CC1.I. The van der Waals surface area contributed by atoms with Crippen LogP contribution in [0.3, 0.4) is 0 Å². The van der Waals surface area contributed by atoms with Gasteiger partial charge < -0.3 is 20.5 Å². The molecule has 164 valence electrons. The van der Waals surface area contributed by atoms with Crippen LogP contribution in [0.2, 0.25) is 0 Å². The molecule has 2 aromatic rings. The number of sulfonamides is 1. The number of hydrogen-bond donors (Lipinski definition) is 2. The van der Waals surface area contributed by atoms with Crippen molar-refractivity contribution in [1.29, 1.82) is 0 Å². The number of nitrogens with two attached hydrogens (primary N) is 1. The number of nitrogens with zero attached hydrogens (tertiary/aromatic N) is 4. The third kappa shape index (κ3) is 6.15. The third-order valence-electron chi connectivity index (χ3n) is 4.63. The first-order valence-corrected chi connectivity index (χ1v) is 10.7. The number of amides is 1. The molecule has 1 saturated heterocycles. The van der Waals surface area contributed by atoms with Crippen LogP contribution in [0, 0.1) is 0 Å². The highest BCUT2D eigenvalue weighted by molar-refractivity contribution is 14.0. The number of halogens is 1. The number of carbonyl (C=O) groups excluding carboxylic acids is 1. The monoisotopic (exact) mass is 548 g/mol. The van der Waals surface area contributed by atoms with Gasteiger partial charge in [0, 0.05) is 51.4 Å². The Bertz CT molecular complexity index is 972. The number of guanidine groups is 1. The Morgan fingerprint density at radius 3 is 2.60 bits per heavy atom. The van der Waals surface area contributed by atoms with E-state index in [4.69, 9.17) is 10.3 Å². The number of rotatable bonds is 6. The lowest BCUT2D eigenvalue weighted by Gasteiger charge is -2.35. The minimum Gasteiger partial charge on any atom is -0.366 e. The number of primary amides is 1. The van der Waals surface area contributed by atoms with Crippen molar-refractivity contribution in [2.75, 3.05) is 33.2 Å². The van der Waals surface area contributed by atoms with Crippen molar-refractivity contribution in [3.05, 3.63) is 53.4 Å². The fourth-order valence-electron chi connectivity index (χ4n) is 3.12. The van der Waals surface area contributed by atoms with Gasteiger partial charge >= 0.3 is 0 Å². The van der Waals surface area contributed by atoms with E-state index in [1.165, 1.54) is 10.6 Å². The number of benzene rings is 1. The van der Waals surface area contributed by atoms with E-state index in [1.54, 1.807) is 31.3 Å². The van der Waals surface area contributed by atoms with Gasteiger partial charge in [-0.2, -0.15) is 4.31 Å². The number of piperazine rings is 1. The van der Waals surface area contributed by atoms with E-state index in [1.807, 2.05) is 11.0 Å². The number of aliphatic imine (C=N–C) groups is 1. The second-order valence-electron chi connectivity index (χ2n) is 6.60. The Morgan fingerprint density at radius 2 is 2.00 bits per heavy atom. The van der Waals surface area contributed by atoms with Crippen LogP contribution >= 0.6 is 24.0 Å². The van der Waals surface area contributed by atoms with Gasteiger partial charge in [0.05, 0.1) is 5.69 Å². The lowest BCUT2D eigenvalue weighted by Crippen LogP contribution is -2.53. The number of nitrogens with one attached hydrogen (secondary N) is 1. The molecule has 12 heteroatoms. The largest absolute Gasteiger partial charge is 0.366 e. The molecule has 0 radical (unpaired) electrons. The molecule has 1 aromatic heterocycles. The van der Waals surface area contributed by atoms with Crippen LogP contribution in [0.15, 0.2) is 46.1 Å². The van der Waals surface area contributed by atoms with E-state index in [0.29, 0.717) is 49.9 Å². The predicted molar refractivity (Wildman–Crippen MR) is 123 cm³/mol. The van der Waals surface area contributed by atoms with Gasteiger partial charge in [-0.15, -0.1) is 24.0 Å². The standard InChI is InChI=1S/C18H24N6O4S.HI/c1-20-18(21-12-14-3-2-4-15(11-14)17(19)25)23-6-8-24(9-7-23)29(26,27)13-16-5-10-28-22-16;/h2-5,10-11H,6-9,12-13H2,1H3,(H2,19,25)(H,20,21);1H. The Hall–Kier alpha value is -2.19. The molecule has 1 amide bonds. The quantitative estimate of drug-likeness (QED) is 0.307. The van der Waals surface area contributed by atoms with Crippen LogP contribution in [-0.2, 0) is 22.3 Å². The van der Waals surface area contributed by atoms with E-state index in [2.05, 4.69) is 15.5 Å². The van der Waals surface area contributed by atoms with E-state index >= 15 is 0 Å². The number of hydrogen-bond acceptors (Lipinski definition) is 6. The van der Waals surface area contributed by atoms with E-state index in [-0.39, 0.29) is 29.7 Å². The zero-order valence-corrected chi connectivity index (χ0v) is 19.7. The van der Waals surface area contributed by atoms with Crippen LogP contribution in [0.4, 0.5) is 0 Å². The minimum atomic E-state index is -3.45. The number of carbonyl (C=O) groups is 1. The smallest absolute Gasteiger partial charge is 0.248 e. The zero-order chi connectivity index (χ0) is 20.9. The average molecular weight is 548 g/mol. The fraction of sp³-hybridized carbons (Fsp3) is 0.389. The summed E-state index contributed by atoms with van der Waals surface area (Å²) >= 11 is 0. The van der Waals surface area contributed by atoms with Crippen LogP contribution in [0.25, 0.3) is 0 Å². The third-order valence-corrected chi connectivity index (χ3v) is 6.44. The molecule has 0 spiro atoms. The Balaban J connectivity index is 0.00000320. The highest BCUT2D eigenvalue weighted by Gasteiger charge is 2.28. The molecule has 0 atom stereocenters. The van der Waals surface area contributed by atoms with Gasteiger partial charge in [0.25, 0.3) is 0 Å². The molecule has 3 N–H and O–H groups in total. The highest BCUT2D eigenvalue weighted by atomic mass is 127. The van der Waals surface area contributed by atoms with Gasteiger partial charge in [0.1, 0.15) is 12.0 Å². The summed E-state index contributed by atoms with van der Waals surface area (Å²) in [7, 11) is -1.77. The van der Waals surface area contributed by atoms with Gasteiger partial charge in [-0.3, -0.25) is 9.79 Å². The maximum Gasteiger partial charge on any atom is 0.248 e. The Kier molecular flexibility index (Phi) is 8.61. The molecule has 0 unspecified atom stereocenters. The molecule has 0 saturated carbocycles. The zero-order valence-electron chi connectivity index (χ0n) is 16.5. The van der Waals surface area contributed by atoms with Crippen molar-refractivity contribution in [3.8, 4) is 0 Å². The summed E-state index contributed by atoms with van der Waals surface area (Å²) in [6.45, 7) is 2.21. The van der Waals surface area contributed by atoms with Gasteiger partial charge in [-0.1, -0.05) is 17.3 Å². The van der Waals surface area contributed by atoms with Crippen LogP contribution in [-0.4, -0.2) is 67.9 Å². The van der Waals surface area contributed by atoms with Gasteiger partial charge in [-0.25, -0.2) is 8.42 Å². The average Bonchev–Trinajstić information content (AvgIpc) is 3.21. The second kappa shape index (κ2) is 10.7. The molecular formula is C18H25IN6O4S. The molecule has 1 aliphatic heterocycles. The molecule has 1 aliphatic rings. The van der Waals surface area contributed by atoms with Crippen LogP contribution < -0.4 is 11.1 Å². The summed E-state index contributed by atoms with van der Waals surface area (Å²) in [6, 6.07) is 8.61. The van der Waals surface area contributed by atoms with E-state index in [0.717, 1.165) is 5.56 Å². The van der Waals surface area contributed by atoms with Crippen molar-refractivity contribution in [1.82, 2.24) is 19.7 Å². The maximum absolute atomic E-state index is 12.5. The van der Waals surface area contributed by atoms with Crippen molar-refractivity contribution in [2.24, 2.45) is 10.7 Å². The summed E-state index contributed by atoms with van der Waals surface area (Å²) in [5.74, 6) is 0.0226. The molecule has 30 heavy (non-hydrogen) atoms. The molecule has 1 fully saturated rings. The lowest BCUT2D eigenvalue weighted by molar-refractivity contribution is 0.1000. The van der Waals surface area contributed by atoms with Gasteiger partial charge in [0.2, 0.25) is 15.9 Å². The first-order chi connectivity index (χ1) is 13.9. The Labute approximate surface area is 192 Å². The topological polar surface area (TPSA) is 134 Å². The highest BCUT2D eigenvalue weighted by Crippen LogP contribution is 2.13. The molecule has 0 aliphatic carbocycles. The predicted octanol–water partition coefficient (Wildman–Crippen LogP) is 0.615. The van der Waals surface area contributed by atoms with Crippen LogP contribution in [0.5, 0.6) is 0 Å². The van der Waals surface area contributed by atoms with Crippen molar-refractivity contribution in [2.45, 2.75) is 12.3 Å². The number of aromatic nitrogens is 1. The summed E-state index contributed by atoms with van der Waals surface area (Å²) in [5, 5.41) is 6.92.